The molecule has 4 heteroatoms. The largest absolute Gasteiger partial charge is 0.383 e. The number of aliphatic hydroxyl groups is 1. The Labute approximate surface area is 110 Å². The van der Waals surface area contributed by atoms with Gasteiger partial charge < -0.3 is 9.84 Å². The molecule has 1 atom stereocenters. The average Bonchev–Trinajstić information content (AvgIpc) is 2.17. The summed E-state index contributed by atoms with van der Waals surface area (Å²) in [6.07, 6.45) is 0.935. The molecular formula is C12H16BrClO2. The Morgan fingerprint density at radius 3 is 2.75 bits per heavy atom. The molecule has 1 rings (SSSR count). The first-order valence-corrected chi connectivity index (χ1v) is 6.40. The lowest BCUT2D eigenvalue weighted by Gasteiger charge is -2.24. The van der Waals surface area contributed by atoms with Gasteiger partial charge in [-0.1, -0.05) is 40.5 Å². The first-order valence-electron chi connectivity index (χ1n) is 5.23. The van der Waals surface area contributed by atoms with E-state index in [0.29, 0.717) is 17.2 Å². The van der Waals surface area contributed by atoms with Crippen LogP contribution in [-0.4, -0.2) is 18.3 Å². The first kappa shape index (κ1) is 14.0. The van der Waals surface area contributed by atoms with Crippen molar-refractivity contribution in [2.45, 2.75) is 25.9 Å². The van der Waals surface area contributed by atoms with E-state index in [9.17, 15) is 5.11 Å². The molecule has 0 aliphatic carbocycles. The van der Waals surface area contributed by atoms with Gasteiger partial charge in [0.05, 0.1) is 6.61 Å². The third kappa shape index (κ3) is 3.74. The Hall–Kier alpha value is -0.0900. The highest BCUT2D eigenvalue weighted by atomic mass is 79.9. The van der Waals surface area contributed by atoms with Crippen molar-refractivity contribution in [2.75, 3.05) is 13.2 Å². The van der Waals surface area contributed by atoms with Gasteiger partial charge in [0.25, 0.3) is 0 Å². The minimum Gasteiger partial charge on any atom is -0.383 e. The van der Waals surface area contributed by atoms with Crippen molar-refractivity contribution in [3.63, 3.8) is 0 Å². The normalized spacial score (nSPS) is 14.8. The SMILES string of the molecule is CCCOCC(C)(O)c1ccc(Br)cc1Cl. The summed E-state index contributed by atoms with van der Waals surface area (Å²) in [6, 6.07) is 5.43. The van der Waals surface area contributed by atoms with E-state index in [1.54, 1.807) is 13.0 Å². The van der Waals surface area contributed by atoms with Gasteiger partial charge in [-0.15, -0.1) is 0 Å². The lowest BCUT2D eigenvalue weighted by molar-refractivity contribution is -0.0374. The van der Waals surface area contributed by atoms with Crippen molar-refractivity contribution < 1.29 is 9.84 Å². The molecule has 1 aromatic carbocycles. The van der Waals surface area contributed by atoms with Gasteiger partial charge in [0, 0.05) is 21.7 Å². The van der Waals surface area contributed by atoms with E-state index >= 15 is 0 Å². The summed E-state index contributed by atoms with van der Waals surface area (Å²) in [6.45, 7) is 4.63. The Morgan fingerprint density at radius 1 is 1.50 bits per heavy atom. The van der Waals surface area contributed by atoms with Gasteiger partial charge in [0.15, 0.2) is 0 Å². The number of ether oxygens (including phenoxy) is 1. The summed E-state index contributed by atoms with van der Waals surface area (Å²) in [4.78, 5) is 0. The maximum atomic E-state index is 10.3. The second-order valence-electron chi connectivity index (χ2n) is 3.95. The molecule has 1 aromatic rings. The quantitative estimate of drug-likeness (QED) is 0.840. The molecular weight excluding hydrogens is 291 g/mol. The van der Waals surface area contributed by atoms with Crippen molar-refractivity contribution in [3.05, 3.63) is 33.3 Å². The summed E-state index contributed by atoms with van der Waals surface area (Å²) in [5, 5.41) is 10.8. The van der Waals surface area contributed by atoms with Crippen LogP contribution in [0.5, 0.6) is 0 Å². The zero-order valence-corrected chi connectivity index (χ0v) is 11.8. The van der Waals surface area contributed by atoms with Crippen molar-refractivity contribution in [2.24, 2.45) is 0 Å². The molecule has 1 N–H and O–H groups in total. The molecule has 0 radical (unpaired) electrons. The molecule has 0 bridgehead atoms. The molecule has 0 aromatic heterocycles. The van der Waals surface area contributed by atoms with Crippen LogP contribution in [0.15, 0.2) is 22.7 Å². The number of rotatable bonds is 5. The molecule has 90 valence electrons. The van der Waals surface area contributed by atoms with E-state index < -0.39 is 5.60 Å². The molecule has 0 aliphatic heterocycles. The Morgan fingerprint density at radius 2 is 2.19 bits per heavy atom. The lowest BCUT2D eigenvalue weighted by Crippen LogP contribution is -2.28. The summed E-state index contributed by atoms with van der Waals surface area (Å²) in [5.74, 6) is 0. The molecule has 0 heterocycles. The van der Waals surface area contributed by atoms with Gasteiger partial charge in [-0.3, -0.25) is 0 Å². The molecule has 2 nitrogen and oxygen atoms in total. The predicted molar refractivity (Wildman–Crippen MR) is 69.8 cm³/mol. The topological polar surface area (TPSA) is 29.5 Å². The van der Waals surface area contributed by atoms with Gasteiger partial charge >= 0.3 is 0 Å². The monoisotopic (exact) mass is 306 g/mol. The molecule has 0 amide bonds. The van der Waals surface area contributed by atoms with Crippen LogP contribution in [-0.2, 0) is 10.3 Å². The lowest BCUT2D eigenvalue weighted by atomic mass is 9.97. The van der Waals surface area contributed by atoms with Crippen LogP contribution in [0.3, 0.4) is 0 Å². The van der Waals surface area contributed by atoms with E-state index in [0.717, 1.165) is 10.9 Å². The number of hydrogen-bond donors (Lipinski definition) is 1. The number of benzene rings is 1. The van der Waals surface area contributed by atoms with Crippen LogP contribution in [0.1, 0.15) is 25.8 Å². The van der Waals surface area contributed by atoms with Crippen LogP contribution in [0.4, 0.5) is 0 Å². The van der Waals surface area contributed by atoms with Gasteiger partial charge in [-0.05, 0) is 25.5 Å². The van der Waals surface area contributed by atoms with Crippen LogP contribution in [0.25, 0.3) is 0 Å². The van der Waals surface area contributed by atoms with Gasteiger partial charge in [0.2, 0.25) is 0 Å². The summed E-state index contributed by atoms with van der Waals surface area (Å²) in [7, 11) is 0. The first-order chi connectivity index (χ1) is 7.47. The van der Waals surface area contributed by atoms with Crippen molar-refractivity contribution in [3.8, 4) is 0 Å². The smallest absolute Gasteiger partial charge is 0.111 e. The summed E-state index contributed by atoms with van der Waals surface area (Å²) < 4.78 is 6.26. The van der Waals surface area contributed by atoms with Gasteiger partial charge in [-0.2, -0.15) is 0 Å². The van der Waals surface area contributed by atoms with E-state index in [2.05, 4.69) is 15.9 Å². The molecule has 0 saturated heterocycles. The fourth-order valence-electron chi connectivity index (χ4n) is 1.42. The third-order valence-electron chi connectivity index (χ3n) is 2.24. The zero-order valence-electron chi connectivity index (χ0n) is 9.46. The zero-order chi connectivity index (χ0) is 12.2. The van der Waals surface area contributed by atoms with Crippen LogP contribution >= 0.6 is 27.5 Å². The van der Waals surface area contributed by atoms with Crippen LogP contribution in [0.2, 0.25) is 5.02 Å². The minimum absolute atomic E-state index is 0.252. The molecule has 0 saturated carbocycles. The van der Waals surface area contributed by atoms with Crippen molar-refractivity contribution in [1.82, 2.24) is 0 Å². The Bertz CT molecular complexity index is 353. The summed E-state index contributed by atoms with van der Waals surface area (Å²) >= 11 is 9.41. The molecule has 16 heavy (non-hydrogen) atoms. The fourth-order valence-corrected chi connectivity index (χ4v) is 2.30. The maximum Gasteiger partial charge on any atom is 0.111 e. The predicted octanol–water partition coefficient (Wildman–Crippen LogP) is 3.74. The minimum atomic E-state index is -1.05. The molecule has 0 spiro atoms. The van der Waals surface area contributed by atoms with Crippen molar-refractivity contribution in [1.29, 1.82) is 0 Å². The van der Waals surface area contributed by atoms with Gasteiger partial charge in [0.1, 0.15) is 5.60 Å². The second kappa shape index (κ2) is 6.01. The van der Waals surface area contributed by atoms with Crippen LogP contribution < -0.4 is 0 Å². The molecule has 0 aliphatic rings. The average molecular weight is 308 g/mol. The third-order valence-corrected chi connectivity index (χ3v) is 3.05. The Balaban J connectivity index is 2.80. The van der Waals surface area contributed by atoms with E-state index in [1.807, 2.05) is 19.1 Å². The number of halogens is 2. The van der Waals surface area contributed by atoms with E-state index in [4.69, 9.17) is 16.3 Å². The second-order valence-corrected chi connectivity index (χ2v) is 5.27. The highest BCUT2D eigenvalue weighted by Crippen LogP contribution is 2.30. The van der Waals surface area contributed by atoms with E-state index in [-0.39, 0.29) is 6.61 Å². The standard InChI is InChI=1S/C12H16BrClO2/c1-3-6-16-8-12(2,15)10-5-4-9(13)7-11(10)14/h4-5,7,15H,3,6,8H2,1-2H3. The maximum absolute atomic E-state index is 10.3. The summed E-state index contributed by atoms with van der Waals surface area (Å²) in [5.41, 5.74) is -0.360. The van der Waals surface area contributed by atoms with Gasteiger partial charge in [-0.25, -0.2) is 0 Å². The Kier molecular flexibility index (Phi) is 5.25. The van der Waals surface area contributed by atoms with E-state index in [1.165, 1.54) is 0 Å². The molecule has 1 unspecified atom stereocenters. The highest BCUT2D eigenvalue weighted by molar-refractivity contribution is 9.10. The highest BCUT2D eigenvalue weighted by Gasteiger charge is 2.25. The van der Waals surface area contributed by atoms with Crippen LogP contribution in [0, 0.1) is 0 Å². The van der Waals surface area contributed by atoms with Crippen molar-refractivity contribution >= 4 is 27.5 Å². The number of hydrogen-bond acceptors (Lipinski definition) is 2. The fraction of sp³-hybridized carbons (Fsp3) is 0.500. The molecule has 0 fully saturated rings.